The first kappa shape index (κ1) is 88.2. The van der Waals surface area contributed by atoms with Crippen molar-refractivity contribution >= 4 is 19.8 Å². The zero-order chi connectivity index (χ0) is 73.5. The van der Waals surface area contributed by atoms with Crippen LogP contribution in [0.4, 0.5) is 0 Å². The van der Waals surface area contributed by atoms with E-state index in [-0.39, 0.29) is 12.8 Å². The van der Waals surface area contributed by atoms with Crippen LogP contribution in [0, 0.1) is 0 Å². The van der Waals surface area contributed by atoms with Crippen molar-refractivity contribution in [3.8, 4) is 0 Å². The number of hydrogen-bond donors (Lipinski definition) is 18. The maximum atomic E-state index is 14.4. The number of carbonyl (C=O) groups excluding carboxylic acids is 2. The number of ether oxygens (including phenoxy) is 10. The van der Waals surface area contributed by atoms with Gasteiger partial charge in [0.2, 0.25) is 0 Å². The second-order valence-corrected chi connectivity index (χ2v) is 27.9. The Bertz CT molecular complexity index is 2350. The zero-order valence-electron chi connectivity index (χ0n) is 57.4. The monoisotopic (exact) mass is 1470 g/mol. The third kappa shape index (κ3) is 28.0. The highest BCUT2D eigenvalue weighted by Crippen LogP contribution is 2.49. The fourth-order valence-corrected chi connectivity index (χ4v) is 13.2. The van der Waals surface area contributed by atoms with Crippen molar-refractivity contribution in [1.82, 2.24) is 0 Å². The van der Waals surface area contributed by atoms with Crippen LogP contribution in [-0.2, 0) is 70.6 Å². The van der Waals surface area contributed by atoms with Crippen LogP contribution in [0.15, 0.2) is 24.3 Å². The number of unbranched alkanes of at least 4 members (excludes halogenated alkanes) is 19. The summed E-state index contributed by atoms with van der Waals surface area (Å²) in [5.41, 5.74) is 0. The molecule has 0 bridgehead atoms. The van der Waals surface area contributed by atoms with Crippen molar-refractivity contribution in [2.75, 3.05) is 39.6 Å². The summed E-state index contributed by atoms with van der Waals surface area (Å²) in [6, 6.07) is 0. The molecule has 4 saturated heterocycles. The lowest BCUT2D eigenvalue weighted by atomic mass is 9.84. The van der Waals surface area contributed by atoms with E-state index in [0.29, 0.717) is 25.7 Å². The molecule has 0 radical (unpaired) electrons. The summed E-state index contributed by atoms with van der Waals surface area (Å²) in [4.78, 5) is 38.1. The molecule has 0 aromatic carbocycles. The van der Waals surface area contributed by atoms with Gasteiger partial charge in [0.05, 0.1) is 33.0 Å². The number of rotatable bonds is 47. The lowest BCUT2D eigenvalue weighted by Gasteiger charge is -2.49. The Morgan fingerprint density at radius 2 is 0.750 bits per heavy atom. The fourth-order valence-electron chi connectivity index (χ4n) is 12.2. The van der Waals surface area contributed by atoms with Crippen LogP contribution < -0.4 is 0 Å². The average Bonchev–Trinajstić information content (AvgIpc) is 0.760. The van der Waals surface area contributed by atoms with Crippen LogP contribution in [0.1, 0.15) is 174 Å². The van der Waals surface area contributed by atoms with Gasteiger partial charge >= 0.3 is 19.8 Å². The Labute approximate surface area is 584 Å². The number of esters is 2. The summed E-state index contributed by atoms with van der Waals surface area (Å²) in [5.74, 6) is -1.46. The molecule has 4 aliphatic heterocycles. The van der Waals surface area contributed by atoms with Crippen LogP contribution >= 0.6 is 7.82 Å². The predicted molar refractivity (Wildman–Crippen MR) is 347 cm³/mol. The maximum absolute atomic E-state index is 14.4. The van der Waals surface area contributed by atoms with Crippen molar-refractivity contribution in [2.45, 2.75) is 340 Å². The summed E-state index contributed by atoms with van der Waals surface area (Å²) in [7, 11) is -5.82. The molecule has 0 amide bonds. The molecule has 5 rings (SSSR count). The fraction of sp³-hybridized carbons (Fsp3) is 0.909. The third-order valence-electron chi connectivity index (χ3n) is 18.5. The molecule has 12 unspecified atom stereocenters. The van der Waals surface area contributed by atoms with Crippen molar-refractivity contribution < 1.29 is 162 Å². The van der Waals surface area contributed by atoms with Crippen LogP contribution in [-0.4, -0.2) is 309 Å². The van der Waals surface area contributed by atoms with E-state index in [2.05, 4.69) is 38.2 Å². The average molecular weight is 1470 g/mol. The Hall–Kier alpha value is -2.47. The first-order chi connectivity index (χ1) is 47.8. The van der Waals surface area contributed by atoms with Crippen LogP contribution in [0.2, 0.25) is 0 Å². The molecule has 100 heavy (non-hydrogen) atoms. The molecule has 33 nitrogen and oxygen atoms in total. The largest absolute Gasteiger partial charge is 0.472 e. The molecule has 1 saturated carbocycles. The van der Waals surface area contributed by atoms with Crippen LogP contribution in [0.25, 0.3) is 0 Å². The lowest BCUT2D eigenvalue weighted by Crippen LogP contribution is -2.69. The first-order valence-corrected chi connectivity index (χ1v) is 37.2. The minimum absolute atomic E-state index is 0.0198. The standard InChI is InChI=1S/C66H117O33P/c1-3-5-7-9-11-13-15-16-17-18-19-21-22-24-26-28-30-43(69)88-34-38(92-44(70)31-29-27-25-23-20-14-12-10-8-6-4-2)35-91-100(86,87)99-62-60(97-65-58(84)50(76)46(72)40(33-68)94-65)54(80)53(79)55(81)61(62)98-66-59(85)52(78)48(74)42(96-66)37-90-64-57(83)51(77)47(73)41(95-64)36-89-63-56(82)49(75)45(71)39(32-67)93-63/h13,15,17-18,38-42,45-68,71-85H,3-12,14,16,19-37H2,1-2H3,(H,86,87)/b15-13-,18-17-/t38-,39?,40?,41?,42?,45+,46-,47+,48+,49?,50?,51?,52?,53+,54?,55?,56+,57+,58-,59+,60-,61?,62+,63-,64-,65-,66+/m1/s1. The van der Waals surface area contributed by atoms with Gasteiger partial charge in [-0.15, -0.1) is 0 Å². The van der Waals surface area contributed by atoms with E-state index in [1.165, 1.54) is 44.9 Å². The van der Waals surface area contributed by atoms with Crippen LogP contribution in [0.3, 0.4) is 0 Å². The topological polar surface area (TPSA) is 526 Å². The van der Waals surface area contributed by atoms with E-state index in [1.807, 2.05) is 0 Å². The van der Waals surface area contributed by atoms with Gasteiger partial charge in [0, 0.05) is 12.8 Å². The van der Waals surface area contributed by atoms with Gasteiger partial charge in [-0.2, -0.15) is 0 Å². The Morgan fingerprint density at radius 1 is 0.400 bits per heavy atom. The quantitative estimate of drug-likeness (QED) is 0.0150. The minimum atomic E-state index is -5.82. The number of hydrogen-bond acceptors (Lipinski definition) is 32. The molecule has 34 heteroatoms. The van der Waals surface area contributed by atoms with E-state index in [1.54, 1.807) is 0 Å². The molecular formula is C66H117O33P. The van der Waals surface area contributed by atoms with Crippen molar-refractivity contribution in [1.29, 1.82) is 0 Å². The van der Waals surface area contributed by atoms with Gasteiger partial charge in [0.1, 0.15) is 141 Å². The maximum Gasteiger partial charge on any atom is 0.472 e. The van der Waals surface area contributed by atoms with Crippen molar-refractivity contribution in [2.24, 2.45) is 0 Å². The normalized spacial score (nSPS) is 36.8. The van der Waals surface area contributed by atoms with E-state index in [9.17, 15) is 106 Å². The van der Waals surface area contributed by atoms with Crippen molar-refractivity contribution in [3.63, 3.8) is 0 Å². The molecule has 1 aliphatic carbocycles. The smallest absolute Gasteiger partial charge is 0.462 e. The van der Waals surface area contributed by atoms with Gasteiger partial charge in [-0.1, -0.05) is 141 Å². The molecule has 4 heterocycles. The lowest BCUT2D eigenvalue weighted by molar-refractivity contribution is -0.365. The first-order valence-electron chi connectivity index (χ1n) is 35.7. The van der Waals surface area contributed by atoms with Gasteiger partial charge in [0.25, 0.3) is 0 Å². The number of carbonyl (C=O) groups is 2. The Balaban J connectivity index is 1.30. The molecule has 28 atom stereocenters. The minimum Gasteiger partial charge on any atom is -0.462 e. The molecule has 0 spiro atoms. The van der Waals surface area contributed by atoms with Crippen LogP contribution in [0.5, 0.6) is 0 Å². The molecule has 0 aromatic heterocycles. The molecular weight excluding hydrogens is 1350 g/mol. The Morgan fingerprint density at radius 3 is 1.19 bits per heavy atom. The zero-order valence-corrected chi connectivity index (χ0v) is 58.3. The second kappa shape index (κ2) is 46.6. The second-order valence-electron chi connectivity index (χ2n) is 26.5. The van der Waals surface area contributed by atoms with E-state index >= 15 is 0 Å². The molecule has 18 N–H and O–H groups in total. The van der Waals surface area contributed by atoms with E-state index in [0.717, 1.165) is 77.0 Å². The number of phosphoric ester groups is 1. The number of allylic oxidation sites excluding steroid dienone is 4. The van der Waals surface area contributed by atoms with Gasteiger partial charge in [-0.3, -0.25) is 18.6 Å². The Kier molecular flexibility index (Phi) is 41.1. The highest BCUT2D eigenvalue weighted by atomic mass is 31.2. The molecule has 0 aromatic rings. The van der Waals surface area contributed by atoms with Gasteiger partial charge in [-0.25, -0.2) is 4.57 Å². The third-order valence-corrected chi connectivity index (χ3v) is 19.4. The van der Waals surface area contributed by atoms with Gasteiger partial charge in [-0.05, 0) is 44.9 Å². The summed E-state index contributed by atoms with van der Waals surface area (Å²) >= 11 is 0. The molecule has 584 valence electrons. The molecule has 5 fully saturated rings. The number of aliphatic hydroxyl groups is 17. The SMILES string of the molecule is CCCCCC/C=C\C/C=C\CCCCCCCC(=O)OC[C@H](COP(=O)(O)O[C@@H]1C(O[C@@H]2OC(CO[C@@H]3OC(CO[C@@H]4OC(CO)[C@H](O)C(O)[C@@H]4O)[C@H](O)C(O)[C@@H]3O)[C@H](O)C(O)[C@@H]2O)C(O)[C@@H](O)C(O)[C@H]1O[C@H]1OC(CO)[C@@H](O)C(O)[C@H]1O)OC(=O)CCCCCCCCCCCCC. The van der Waals surface area contributed by atoms with E-state index < -0.39 is 225 Å². The summed E-state index contributed by atoms with van der Waals surface area (Å²) in [6.07, 6.45) is -24.8. The number of aliphatic hydroxyl groups excluding tert-OH is 17. The molecule has 5 aliphatic rings. The van der Waals surface area contributed by atoms with E-state index in [4.69, 9.17) is 56.4 Å². The summed E-state index contributed by atoms with van der Waals surface area (Å²) in [5, 5.41) is 183. The van der Waals surface area contributed by atoms with Crippen molar-refractivity contribution in [3.05, 3.63) is 24.3 Å². The highest BCUT2D eigenvalue weighted by molar-refractivity contribution is 7.47. The van der Waals surface area contributed by atoms with Gasteiger partial charge < -0.3 is 139 Å². The summed E-state index contributed by atoms with van der Waals surface area (Å²) in [6.45, 7) is -0.971. The van der Waals surface area contributed by atoms with Gasteiger partial charge in [0.15, 0.2) is 31.3 Å². The number of phosphoric acid groups is 1. The summed E-state index contributed by atoms with van der Waals surface area (Å²) < 4.78 is 81.3. The predicted octanol–water partition coefficient (Wildman–Crippen LogP) is -1.04. The highest BCUT2D eigenvalue weighted by Gasteiger charge is 2.59.